The van der Waals surface area contributed by atoms with Crippen molar-refractivity contribution in [1.82, 2.24) is 19.6 Å². The molecular weight excluding hydrogens is 390 g/mol. The number of hydrogen-bond donors (Lipinski definition) is 2. The Morgan fingerprint density at radius 3 is 2.55 bits per heavy atom. The summed E-state index contributed by atoms with van der Waals surface area (Å²) in [6.45, 7) is 3.38. The Labute approximate surface area is 174 Å². The number of carbonyl (C=O) groups is 1. The number of anilines is 1. The molecule has 1 amide bonds. The average Bonchev–Trinajstić information content (AvgIpc) is 3.23. The van der Waals surface area contributed by atoms with E-state index in [1.807, 2.05) is 23.0 Å². The number of nitrogens with zero attached hydrogens (tertiary/aromatic N) is 4. The van der Waals surface area contributed by atoms with E-state index in [0.29, 0.717) is 17.3 Å². The van der Waals surface area contributed by atoms with E-state index in [0.717, 1.165) is 23.7 Å². The Morgan fingerprint density at radius 1 is 1.21 bits per heavy atom. The zero-order chi connectivity index (χ0) is 20.8. The quantitative estimate of drug-likeness (QED) is 0.661. The van der Waals surface area contributed by atoms with Crippen molar-refractivity contribution in [2.45, 2.75) is 57.6 Å². The number of aliphatic hydroxyl groups is 1. The van der Waals surface area contributed by atoms with Gasteiger partial charge in [-0.1, -0.05) is 30.9 Å². The van der Waals surface area contributed by atoms with Crippen LogP contribution in [0.5, 0.6) is 0 Å². The Balaban J connectivity index is 1.73. The van der Waals surface area contributed by atoms with Gasteiger partial charge in [0.2, 0.25) is 0 Å². The molecule has 2 aromatic heterocycles. The van der Waals surface area contributed by atoms with Crippen molar-refractivity contribution in [1.29, 1.82) is 0 Å². The van der Waals surface area contributed by atoms with Gasteiger partial charge in [0, 0.05) is 36.1 Å². The van der Waals surface area contributed by atoms with Gasteiger partial charge in [-0.3, -0.25) is 14.2 Å². The van der Waals surface area contributed by atoms with Crippen LogP contribution in [0.15, 0.2) is 24.5 Å². The summed E-state index contributed by atoms with van der Waals surface area (Å²) >= 11 is 6.11. The number of carbonyl (C=O) groups excluding carboxylic acids is 1. The Bertz CT molecular complexity index is 1060. The highest BCUT2D eigenvalue weighted by Gasteiger charge is 2.25. The van der Waals surface area contributed by atoms with E-state index in [2.05, 4.69) is 10.4 Å². The fourth-order valence-electron chi connectivity index (χ4n) is 4.03. The van der Waals surface area contributed by atoms with Gasteiger partial charge in [-0.15, -0.1) is 0 Å². The van der Waals surface area contributed by atoms with E-state index < -0.39 is 11.5 Å². The van der Waals surface area contributed by atoms with Gasteiger partial charge in [0.15, 0.2) is 5.69 Å². The fraction of sp³-hybridized carbons (Fsp3) is 0.476. The summed E-state index contributed by atoms with van der Waals surface area (Å²) in [4.78, 5) is 12.7. The molecule has 1 aromatic carbocycles. The van der Waals surface area contributed by atoms with Gasteiger partial charge in [-0.25, -0.2) is 0 Å². The van der Waals surface area contributed by atoms with E-state index in [-0.39, 0.29) is 10.7 Å². The minimum absolute atomic E-state index is 0.147. The summed E-state index contributed by atoms with van der Waals surface area (Å²) in [5, 5.41) is 23.7. The number of aromatic nitrogens is 4. The van der Waals surface area contributed by atoms with Crippen LogP contribution in [0, 0.1) is 0 Å². The molecule has 8 heteroatoms. The zero-order valence-electron chi connectivity index (χ0n) is 16.9. The first-order chi connectivity index (χ1) is 13.7. The summed E-state index contributed by atoms with van der Waals surface area (Å²) in [5.41, 5.74) is 0.925. The van der Waals surface area contributed by atoms with Crippen molar-refractivity contribution in [3.05, 3.63) is 40.8 Å². The van der Waals surface area contributed by atoms with Crippen LogP contribution >= 0.6 is 11.6 Å². The normalized spacial score (nSPS) is 15.8. The van der Waals surface area contributed by atoms with E-state index >= 15 is 0 Å². The first-order valence-electron chi connectivity index (χ1n) is 9.98. The van der Waals surface area contributed by atoms with E-state index in [4.69, 9.17) is 16.7 Å². The molecule has 0 atom stereocenters. The standard InChI is InChI=1S/C21H26ClN5O2/c1-21(2,29)15-10-17-13(11-27(24-17)14-7-5-4-6-8-14)9-18(15)23-20(28)19-16(22)12-26(3)25-19/h9-12,14,29H,4-8H2,1-3H3,(H,23,28). The molecule has 7 nitrogen and oxygen atoms in total. The molecule has 0 spiro atoms. The maximum atomic E-state index is 12.7. The first-order valence-corrected chi connectivity index (χ1v) is 10.4. The highest BCUT2D eigenvalue weighted by molar-refractivity contribution is 6.34. The van der Waals surface area contributed by atoms with Crippen LogP contribution < -0.4 is 5.32 Å². The lowest BCUT2D eigenvalue weighted by Crippen LogP contribution is -2.21. The predicted octanol–water partition coefficient (Wildman–Crippen LogP) is 4.41. The van der Waals surface area contributed by atoms with Gasteiger partial charge in [-0.05, 0) is 38.8 Å². The van der Waals surface area contributed by atoms with Crippen molar-refractivity contribution in [3.8, 4) is 0 Å². The van der Waals surface area contributed by atoms with Crippen LogP contribution in [-0.2, 0) is 12.6 Å². The molecule has 1 aliphatic rings. The molecule has 0 radical (unpaired) electrons. The number of nitrogens with one attached hydrogen (secondary N) is 1. The number of hydrogen-bond acceptors (Lipinski definition) is 4. The maximum absolute atomic E-state index is 12.7. The topological polar surface area (TPSA) is 85.0 Å². The number of rotatable bonds is 4. The Hall–Kier alpha value is -2.38. The largest absolute Gasteiger partial charge is 0.386 e. The molecule has 0 aliphatic heterocycles. The molecule has 1 saturated carbocycles. The third-order valence-electron chi connectivity index (χ3n) is 5.52. The highest BCUT2D eigenvalue weighted by atomic mass is 35.5. The van der Waals surface area contributed by atoms with E-state index in [1.54, 1.807) is 27.1 Å². The Kier molecular flexibility index (Phi) is 5.12. The van der Waals surface area contributed by atoms with Crippen LogP contribution in [-0.4, -0.2) is 30.6 Å². The molecule has 1 aliphatic carbocycles. The molecule has 2 N–H and O–H groups in total. The van der Waals surface area contributed by atoms with Crippen molar-refractivity contribution in [2.24, 2.45) is 7.05 Å². The molecule has 0 bridgehead atoms. The molecule has 2 heterocycles. The number of aryl methyl sites for hydroxylation is 1. The molecular formula is C21H26ClN5O2. The molecule has 0 unspecified atom stereocenters. The van der Waals surface area contributed by atoms with E-state index in [9.17, 15) is 9.90 Å². The molecule has 3 aromatic rings. The zero-order valence-corrected chi connectivity index (χ0v) is 17.7. The lowest BCUT2D eigenvalue weighted by molar-refractivity contribution is 0.0793. The smallest absolute Gasteiger partial charge is 0.277 e. The van der Waals surface area contributed by atoms with Gasteiger partial charge < -0.3 is 10.4 Å². The molecule has 4 rings (SSSR count). The summed E-state index contributed by atoms with van der Waals surface area (Å²) in [7, 11) is 1.70. The summed E-state index contributed by atoms with van der Waals surface area (Å²) in [6.07, 6.45) is 9.60. The van der Waals surface area contributed by atoms with Gasteiger partial charge in [0.05, 0.1) is 22.2 Å². The number of halogens is 1. The number of benzene rings is 1. The fourth-order valence-corrected chi connectivity index (χ4v) is 4.29. The van der Waals surface area contributed by atoms with Crippen molar-refractivity contribution < 1.29 is 9.90 Å². The van der Waals surface area contributed by atoms with Crippen LogP contribution in [0.25, 0.3) is 10.9 Å². The maximum Gasteiger partial charge on any atom is 0.277 e. The van der Waals surface area contributed by atoms with Crippen LogP contribution in [0.2, 0.25) is 5.02 Å². The summed E-state index contributed by atoms with van der Waals surface area (Å²) < 4.78 is 3.53. The van der Waals surface area contributed by atoms with E-state index in [1.165, 1.54) is 23.9 Å². The van der Waals surface area contributed by atoms with Crippen molar-refractivity contribution in [3.63, 3.8) is 0 Å². The van der Waals surface area contributed by atoms with Crippen LogP contribution in [0.3, 0.4) is 0 Å². The van der Waals surface area contributed by atoms with Gasteiger partial charge in [0.25, 0.3) is 5.91 Å². The minimum atomic E-state index is -1.15. The number of amides is 1. The predicted molar refractivity (Wildman–Crippen MR) is 113 cm³/mol. The van der Waals surface area contributed by atoms with Gasteiger partial charge in [0.1, 0.15) is 0 Å². The second kappa shape index (κ2) is 7.46. The Morgan fingerprint density at radius 2 is 1.93 bits per heavy atom. The van der Waals surface area contributed by atoms with Crippen LogP contribution in [0.1, 0.15) is 68.0 Å². The third kappa shape index (κ3) is 4.02. The van der Waals surface area contributed by atoms with Gasteiger partial charge >= 0.3 is 0 Å². The summed E-state index contributed by atoms with van der Waals surface area (Å²) in [6, 6.07) is 4.13. The van der Waals surface area contributed by atoms with Crippen molar-refractivity contribution in [2.75, 3.05) is 5.32 Å². The second-order valence-electron chi connectivity index (χ2n) is 8.37. The summed E-state index contributed by atoms with van der Waals surface area (Å²) in [5.74, 6) is -0.417. The molecule has 1 fully saturated rings. The lowest BCUT2D eigenvalue weighted by Gasteiger charge is -2.22. The lowest BCUT2D eigenvalue weighted by atomic mass is 9.95. The third-order valence-corrected chi connectivity index (χ3v) is 5.79. The molecule has 29 heavy (non-hydrogen) atoms. The highest BCUT2D eigenvalue weighted by Crippen LogP contribution is 2.34. The van der Waals surface area contributed by atoms with Crippen molar-refractivity contribution >= 4 is 34.1 Å². The minimum Gasteiger partial charge on any atom is -0.386 e. The average molecular weight is 416 g/mol. The number of fused-ring (bicyclic) bond motifs is 1. The molecule has 0 saturated heterocycles. The van der Waals surface area contributed by atoms with Gasteiger partial charge in [-0.2, -0.15) is 10.2 Å². The van der Waals surface area contributed by atoms with Crippen LogP contribution in [0.4, 0.5) is 5.69 Å². The monoisotopic (exact) mass is 415 g/mol. The first kappa shape index (κ1) is 19.9. The molecule has 154 valence electrons. The second-order valence-corrected chi connectivity index (χ2v) is 8.78. The SMILES string of the molecule is Cn1cc(Cl)c(C(=O)Nc2cc3cn(C4CCCCC4)nc3cc2C(C)(C)O)n1.